The highest BCUT2D eigenvalue weighted by atomic mass is 16.6. The molecule has 1 saturated heterocycles. The molecule has 2 aromatic rings. The van der Waals surface area contributed by atoms with E-state index in [0.29, 0.717) is 5.69 Å². The Balaban J connectivity index is 1.41. The first-order valence-corrected chi connectivity index (χ1v) is 10.4. The van der Waals surface area contributed by atoms with Gasteiger partial charge in [-0.2, -0.15) is 0 Å². The van der Waals surface area contributed by atoms with Gasteiger partial charge in [-0.15, -0.1) is 0 Å². The molecule has 1 fully saturated rings. The molecule has 0 unspecified atom stereocenters. The van der Waals surface area contributed by atoms with Crippen LogP contribution in [0.2, 0.25) is 0 Å². The molecule has 0 saturated carbocycles. The highest BCUT2D eigenvalue weighted by Gasteiger charge is 2.17. The van der Waals surface area contributed by atoms with Crippen LogP contribution in [0.25, 0.3) is 0 Å². The molecular weight excluding hydrogens is 416 g/mol. The molecule has 0 aliphatic carbocycles. The van der Waals surface area contributed by atoms with E-state index in [2.05, 4.69) is 22.0 Å². The van der Waals surface area contributed by atoms with Crippen LogP contribution in [0.4, 0.5) is 17.1 Å². The van der Waals surface area contributed by atoms with Gasteiger partial charge in [0.2, 0.25) is 0 Å². The quantitative estimate of drug-likeness (QED) is 0.357. The molecule has 0 bridgehead atoms. The lowest BCUT2D eigenvalue weighted by Crippen LogP contribution is -2.46. The standard InChI is InChI=1S/C22H26N4O6/c1-2-24-11-13-25(14-12-24)18-9-7-17(8-10-18)23-21(27)15-32-22(28)16-31-20-6-4-3-5-19(20)26(29)30/h3-10H,2,11-16H2,1H3,(H,23,27). The van der Waals surface area contributed by atoms with Crippen LogP contribution in [-0.4, -0.2) is 67.6 Å². The van der Waals surface area contributed by atoms with E-state index in [1.807, 2.05) is 12.1 Å². The number of piperazine rings is 1. The fourth-order valence-corrected chi connectivity index (χ4v) is 3.33. The maximum absolute atomic E-state index is 12.1. The first kappa shape index (κ1) is 23.0. The number of hydrogen-bond acceptors (Lipinski definition) is 8. The molecular formula is C22H26N4O6. The summed E-state index contributed by atoms with van der Waals surface area (Å²) in [7, 11) is 0. The Morgan fingerprint density at radius 3 is 2.38 bits per heavy atom. The van der Waals surface area contributed by atoms with Gasteiger partial charge in [0.1, 0.15) is 0 Å². The van der Waals surface area contributed by atoms with Gasteiger partial charge >= 0.3 is 11.7 Å². The number of esters is 1. The topological polar surface area (TPSA) is 114 Å². The SMILES string of the molecule is CCN1CCN(c2ccc(NC(=O)COC(=O)COc3ccccc3[N+](=O)[O-])cc2)CC1. The van der Waals surface area contributed by atoms with E-state index in [1.54, 1.807) is 18.2 Å². The number of anilines is 2. The normalized spacial score (nSPS) is 14.0. The average Bonchev–Trinajstić information content (AvgIpc) is 2.82. The fraction of sp³-hybridized carbons (Fsp3) is 0.364. The smallest absolute Gasteiger partial charge is 0.344 e. The average molecular weight is 442 g/mol. The lowest BCUT2D eigenvalue weighted by atomic mass is 10.2. The number of ether oxygens (including phenoxy) is 2. The van der Waals surface area contributed by atoms with Gasteiger partial charge in [0.15, 0.2) is 19.0 Å². The van der Waals surface area contributed by atoms with Crippen LogP contribution >= 0.6 is 0 Å². The Hall–Kier alpha value is -3.66. The number of nitro groups is 1. The van der Waals surface area contributed by atoms with Crippen molar-refractivity contribution in [2.24, 2.45) is 0 Å². The predicted octanol–water partition coefficient (Wildman–Crippen LogP) is 2.30. The molecule has 10 heteroatoms. The summed E-state index contributed by atoms with van der Waals surface area (Å²) in [5, 5.41) is 13.6. The summed E-state index contributed by atoms with van der Waals surface area (Å²) in [5.41, 5.74) is 1.43. The summed E-state index contributed by atoms with van der Waals surface area (Å²) in [6.45, 7) is 6.17. The van der Waals surface area contributed by atoms with Gasteiger partial charge in [-0.05, 0) is 36.9 Å². The zero-order valence-corrected chi connectivity index (χ0v) is 17.9. The molecule has 3 rings (SSSR count). The van der Waals surface area contributed by atoms with Crippen molar-refractivity contribution in [3.63, 3.8) is 0 Å². The molecule has 1 heterocycles. The minimum Gasteiger partial charge on any atom is -0.475 e. The molecule has 1 N–H and O–H groups in total. The lowest BCUT2D eigenvalue weighted by molar-refractivity contribution is -0.385. The lowest BCUT2D eigenvalue weighted by Gasteiger charge is -2.35. The largest absolute Gasteiger partial charge is 0.475 e. The number of benzene rings is 2. The molecule has 0 radical (unpaired) electrons. The molecule has 1 aliphatic rings. The number of para-hydroxylation sites is 2. The summed E-state index contributed by atoms with van der Waals surface area (Å²) < 4.78 is 10.0. The van der Waals surface area contributed by atoms with Crippen molar-refractivity contribution in [2.75, 3.05) is 56.2 Å². The van der Waals surface area contributed by atoms with Crippen molar-refractivity contribution >= 4 is 28.9 Å². The molecule has 1 aliphatic heterocycles. The third kappa shape index (κ3) is 6.42. The molecule has 2 aromatic carbocycles. The second-order valence-corrected chi connectivity index (χ2v) is 7.19. The van der Waals surface area contributed by atoms with E-state index >= 15 is 0 Å². The molecule has 0 atom stereocenters. The number of nitrogens with zero attached hydrogens (tertiary/aromatic N) is 3. The van der Waals surface area contributed by atoms with Crippen LogP contribution in [0.1, 0.15) is 6.92 Å². The maximum atomic E-state index is 12.1. The molecule has 170 valence electrons. The van der Waals surface area contributed by atoms with Crippen LogP contribution in [-0.2, 0) is 14.3 Å². The first-order valence-electron chi connectivity index (χ1n) is 10.4. The Bertz CT molecular complexity index is 942. The number of nitrogens with one attached hydrogen (secondary N) is 1. The summed E-state index contributed by atoms with van der Waals surface area (Å²) in [5.74, 6) is -1.34. The third-order valence-electron chi connectivity index (χ3n) is 5.11. The predicted molar refractivity (Wildman–Crippen MR) is 119 cm³/mol. The van der Waals surface area contributed by atoms with E-state index in [0.717, 1.165) is 38.4 Å². The number of rotatable bonds is 9. The van der Waals surface area contributed by atoms with E-state index in [4.69, 9.17) is 9.47 Å². The van der Waals surface area contributed by atoms with Gasteiger partial charge in [-0.25, -0.2) is 4.79 Å². The summed E-state index contributed by atoms with van der Waals surface area (Å²) in [6, 6.07) is 13.2. The van der Waals surface area contributed by atoms with Gasteiger partial charge in [0.25, 0.3) is 5.91 Å². The van der Waals surface area contributed by atoms with Crippen LogP contribution in [0.5, 0.6) is 5.75 Å². The Kier molecular flexibility index (Phi) is 7.98. The van der Waals surface area contributed by atoms with E-state index < -0.39 is 30.0 Å². The molecule has 0 aromatic heterocycles. The van der Waals surface area contributed by atoms with Crippen molar-refractivity contribution in [1.82, 2.24) is 4.90 Å². The summed E-state index contributed by atoms with van der Waals surface area (Å²) >= 11 is 0. The summed E-state index contributed by atoms with van der Waals surface area (Å²) in [6.07, 6.45) is 0. The minimum atomic E-state index is -0.806. The first-order chi connectivity index (χ1) is 15.5. The van der Waals surface area contributed by atoms with Gasteiger partial charge < -0.3 is 24.6 Å². The Labute approximate surface area is 185 Å². The number of carbonyl (C=O) groups excluding carboxylic acids is 2. The van der Waals surface area contributed by atoms with Crippen molar-refractivity contribution in [1.29, 1.82) is 0 Å². The molecule has 0 spiro atoms. The van der Waals surface area contributed by atoms with E-state index in [9.17, 15) is 19.7 Å². The number of nitro benzene ring substituents is 1. The molecule has 10 nitrogen and oxygen atoms in total. The maximum Gasteiger partial charge on any atom is 0.344 e. The van der Waals surface area contributed by atoms with Crippen LogP contribution in [0.15, 0.2) is 48.5 Å². The van der Waals surface area contributed by atoms with Gasteiger partial charge in [-0.3, -0.25) is 14.9 Å². The second kappa shape index (κ2) is 11.1. The Morgan fingerprint density at radius 2 is 1.72 bits per heavy atom. The second-order valence-electron chi connectivity index (χ2n) is 7.19. The number of likely N-dealkylation sites (N-methyl/N-ethyl adjacent to an activating group) is 1. The van der Waals surface area contributed by atoms with Crippen LogP contribution < -0.4 is 15.0 Å². The van der Waals surface area contributed by atoms with E-state index in [-0.39, 0.29) is 11.4 Å². The minimum absolute atomic E-state index is 0.0462. The van der Waals surface area contributed by atoms with Crippen LogP contribution in [0, 0.1) is 10.1 Å². The van der Waals surface area contributed by atoms with Crippen molar-refractivity contribution < 1.29 is 24.0 Å². The summed E-state index contributed by atoms with van der Waals surface area (Å²) in [4.78, 5) is 38.9. The molecule has 1 amide bonds. The number of carbonyl (C=O) groups is 2. The zero-order chi connectivity index (χ0) is 22.9. The number of hydrogen-bond donors (Lipinski definition) is 1. The van der Waals surface area contributed by atoms with Crippen molar-refractivity contribution in [3.8, 4) is 5.75 Å². The van der Waals surface area contributed by atoms with Gasteiger partial charge in [-0.1, -0.05) is 19.1 Å². The fourth-order valence-electron chi connectivity index (χ4n) is 3.33. The van der Waals surface area contributed by atoms with Crippen LogP contribution in [0.3, 0.4) is 0 Å². The third-order valence-corrected chi connectivity index (χ3v) is 5.11. The van der Waals surface area contributed by atoms with Crippen molar-refractivity contribution in [3.05, 3.63) is 58.6 Å². The monoisotopic (exact) mass is 442 g/mol. The van der Waals surface area contributed by atoms with Gasteiger partial charge in [0.05, 0.1) is 4.92 Å². The highest BCUT2D eigenvalue weighted by molar-refractivity contribution is 5.93. The van der Waals surface area contributed by atoms with Gasteiger partial charge in [0, 0.05) is 43.6 Å². The molecule has 32 heavy (non-hydrogen) atoms. The Morgan fingerprint density at radius 1 is 1.03 bits per heavy atom. The number of amides is 1. The zero-order valence-electron chi connectivity index (χ0n) is 17.9. The van der Waals surface area contributed by atoms with Crippen molar-refractivity contribution in [2.45, 2.75) is 6.92 Å². The van der Waals surface area contributed by atoms with E-state index in [1.165, 1.54) is 18.2 Å². The highest BCUT2D eigenvalue weighted by Crippen LogP contribution is 2.25.